The molecule has 2 rings (SSSR count). The number of anilines is 2. The van der Waals surface area contributed by atoms with Gasteiger partial charge < -0.3 is 10.6 Å². The van der Waals surface area contributed by atoms with Crippen LogP contribution >= 0.6 is 11.6 Å². The van der Waals surface area contributed by atoms with Gasteiger partial charge in [0.2, 0.25) is 0 Å². The normalized spacial score (nSPS) is 10.3. The molecule has 0 saturated carbocycles. The standard InChI is InChI=1S/C14H13ClFN3O/c1-2-19(10-5-3-9(16)4-6-10)14(20)11-7-13(17)18-8-12(11)15/h3-8H,2H2,1H3,(H2,17,18). The molecule has 20 heavy (non-hydrogen) atoms. The largest absolute Gasteiger partial charge is 0.384 e. The van der Waals surface area contributed by atoms with Crippen LogP contribution in [-0.2, 0) is 0 Å². The van der Waals surface area contributed by atoms with Gasteiger partial charge in [0, 0.05) is 18.4 Å². The first-order valence-electron chi connectivity index (χ1n) is 6.01. The van der Waals surface area contributed by atoms with Gasteiger partial charge in [-0.1, -0.05) is 11.6 Å². The molecule has 2 N–H and O–H groups in total. The molecule has 0 aliphatic heterocycles. The highest BCUT2D eigenvalue weighted by Crippen LogP contribution is 2.22. The Hall–Kier alpha value is -2.14. The van der Waals surface area contributed by atoms with E-state index in [1.165, 1.54) is 41.4 Å². The molecule has 1 aromatic carbocycles. The number of hydrogen-bond donors (Lipinski definition) is 1. The number of amides is 1. The van der Waals surface area contributed by atoms with E-state index in [-0.39, 0.29) is 28.1 Å². The number of hydrogen-bond acceptors (Lipinski definition) is 3. The van der Waals surface area contributed by atoms with Crippen molar-refractivity contribution in [2.24, 2.45) is 0 Å². The molecule has 4 nitrogen and oxygen atoms in total. The number of nitrogens with zero attached hydrogens (tertiary/aromatic N) is 2. The second-order valence-electron chi connectivity index (χ2n) is 4.11. The Morgan fingerprint density at radius 3 is 2.65 bits per heavy atom. The summed E-state index contributed by atoms with van der Waals surface area (Å²) in [6, 6.07) is 7.10. The van der Waals surface area contributed by atoms with Crippen LogP contribution < -0.4 is 10.6 Å². The van der Waals surface area contributed by atoms with Crippen molar-refractivity contribution >= 4 is 29.0 Å². The van der Waals surface area contributed by atoms with Crippen molar-refractivity contribution in [3.05, 3.63) is 52.9 Å². The maximum Gasteiger partial charge on any atom is 0.259 e. The van der Waals surface area contributed by atoms with Crippen LogP contribution in [0.25, 0.3) is 0 Å². The van der Waals surface area contributed by atoms with Crippen LogP contribution in [0.15, 0.2) is 36.5 Å². The van der Waals surface area contributed by atoms with E-state index < -0.39 is 0 Å². The highest BCUT2D eigenvalue weighted by atomic mass is 35.5. The Labute approximate surface area is 121 Å². The zero-order valence-electron chi connectivity index (χ0n) is 10.8. The van der Waals surface area contributed by atoms with Crippen LogP contribution in [0.1, 0.15) is 17.3 Å². The van der Waals surface area contributed by atoms with E-state index in [2.05, 4.69) is 4.98 Å². The Morgan fingerprint density at radius 1 is 1.40 bits per heavy atom. The molecule has 0 saturated heterocycles. The molecular formula is C14H13ClFN3O. The van der Waals surface area contributed by atoms with E-state index in [9.17, 15) is 9.18 Å². The molecule has 0 bridgehead atoms. The van der Waals surface area contributed by atoms with Crippen molar-refractivity contribution in [2.75, 3.05) is 17.2 Å². The van der Waals surface area contributed by atoms with Crippen molar-refractivity contribution < 1.29 is 9.18 Å². The minimum absolute atomic E-state index is 0.216. The number of halogens is 2. The number of carbonyl (C=O) groups is 1. The van der Waals surface area contributed by atoms with Gasteiger partial charge in [0.1, 0.15) is 11.6 Å². The van der Waals surface area contributed by atoms with Crippen LogP contribution in [0, 0.1) is 5.82 Å². The van der Waals surface area contributed by atoms with Gasteiger partial charge in [0.25, 0.3) is 5.91 Å². The molecule has 1 aromatic heterocycles. The number of nitrogens with two attached hydrogens (primary N) is 1. The van der Waals surface area contributed by atoms with Crippen LogP contribution in [0.3, 0.4) is 0 Å². The van der Waals surface area contributed by atoms with Gasteiger partial charge in [-0.3, -0.25) is 4.79 Å². The molecule has 0 unspecified atom stereocenters. The molecule has 2 aromatic rings. The fourth-order valence-corrected chi connectivity index (χ4v) is 2.01. The van der Waals surface area contributed by atoms with Gasteiger partial charge in [0.15, 0.2) is 0 Å². The van der Waals surface area contributed by atoms with Crippen molar-refractivity contribution in [2.45, 2.75) is 6.92 Å². The van der Waals surface area contributed by atoms with Gasteiger partial charge >= 0.3 is 0 Å². The summed E-state index contributed by atoms with van der Waals surface area (Å²) in [5.41, 5.74) is 6.43. The van der Waals surface area contributed by atoms with Crippen molar-refractivity contribution in [3.63, 3.8) is 0 Å². The maximum atomic E-state index is 12.9. The molecule has 0 fully saturated rings. The fraction of sp³-hybridized carbons (Fsp3) is 0.143. The van der Waals surface area contributed by atoms with E-state index in [0.717, 1.165) is 0 Å². The Kier molecular flexibility index (Phi) is 4.20. The maximum absolute atomic E-state index is 12.9. The molecule has 1 heterocycles. The van der Waals surface area contributed by atoms with Gasteiger partial charge in [-0.2, -0.15) is 0 Å². The molecule has 0 aliphatic carbocycles. The van der Waals surface area contributed by atoms with Crippen molar-refractivity contribution in [1.29, 1.82) is 0 Å². The summed E-state index contributed by atoms with van der Waals surface area (Å²) in [5, 5.41) is 0.227. The third-order valence-electron chi connectivity index (χ3n) is 2.81. The number of nitrogen functional groups attached to an aromatic ring is 1. The summed E-state index contributed by atoms with van der Waals surface area (Å²) in [4.78, 5) is 17.8. The number of aromatic nitrogens is 1. The molecule has 6 heteroatoms. The average molecular weight is 294 g/mol. The van der Waals surface area contributed by atoms with Gasteiger partial charge in [0.05, 0.1) is 10.6 Å². The minimum atomic E-state index is -0.358. The lowest BCUT2D eigenvalue weighted by Gasteiger charge is -2.21. The van der Waals surface area contributed by atoms with E-state index in [4.69, 9.17) is 17.3 Å². The number of pyridine rings is 1. The van der Waals surface area contributed by atoms with E-state index in [1.807, 2.05) is 6.92 Å². The highest BCUT2D eigenvalue weighted by molar-refractivity contribution is 6.34. The molecule has 0 spiro atoms. The molecule has 0 radical (unpaired) electrons. The van der Waals surface area contributed by atoms with Gasteiger partial charge in [-0.25, -0.2) is 9.37 Å². The van der Waals surface area contributed by atoms with Crippen LogP contribution in [0.2, 0.25) is 5.02 Å². The summed E-state index contributed by atoms with van der Waals surface area (Å²) >= 11 is 5.98. The average Bonchev–Trinajstić information content (AvgIpc) is 2.44. The molecule has 0 aliphatic rings. The predicted molar refractivity (Wildman–Crippen MR) is 77.4 cm³/mol. The van der Waals surface area contributed by atoms with Crippen LogP contribution in [0.4, 0.5) is 15.9 Å². The lowest BCUT2D eigenvalue weighted by molar-refractivity contribution is 0.0988. The summed E-state index contributed by atoms with van der Waals surface area (Å²) < 4.78 is 12.9. The third-order valence-corrected chi connectivity index (χ3v) is 3.11. The Bertz CT molecular complexity index is 631. The number of rotatable bonds is 3. The van der Waals surface area contributed by atoms with Crippen LogP contribution in [0.5, 0.6) is 0 Å². The van der Waals surface area contributed by atoms with Crippen molar-refractivity contribution in [3.8, 4) is 0 Å². The first kappa shape index (κ1) is 14.3. The summed E-state index contributed by atoms with van der Waals surface area (Å²) in [6.45, 7) is 2.24. The highest BCUT2D eigenvalue weighted by Gasteiger charge is 2.19. The van der Waals surface area contributed by atoms with E-state index in [0.29, 0.717) is 12.2 Å². The molecular weight excluding hydrogens is 281 g/mol. The zero-order valence-corrected chi connectivity index (χ0v) is 11.6. The zero-order chi connectivity index (χ0) is 14.7. The summed E-state index contributed by atoms with van der Waals surface area (Å²) in [6.07, 6.45) is 1.34. The smallest absolute Gasteiger partial charge is 0.259 e. The monoisotopic (exact) mass is 293 g/mol. The second kappa shape index (κ2) is 5.88. The van der Waals surface area contributed by atoms with E-state index in [1.54, 1.807) is 0 Å². The molecule has 104 valence electrons. The lowest BCUT2D eigenvalue weighted by atomic mass is 10.2. The molecule has 1 amide bonds. The first-order chi connectivity index (χ1) is 9.52. The number of carbonyl (C=O) groups excluding carboxylic acids is 1. The predicted octanol–water partition coefficient (Wildman–Crippen LogP) is 3.12. The summed E-state index contributed by atoms with van der Waals surface area (Å²) in [5.74, 6) is -0.449. The Balaban J connectivity index is 2.38. The summed E-state index contributed by atoms with van der Waals surface area (Å²) in [7, 11) is 0. The van der Waals surface area contributed by atoms with Crippen LogP contribution in [-0.4, -0.2) is 17.4 Å². The fourth-order valence-electron chi connectivity index (χ4n) is 1.83. The number of benzene rings is 1. The third kappa shape index (κ3) is 2.88. The Morgan fingerprint density at radius 2 is 2.05 bits per heavy atom. The molecule has 0 atom stereocenters. The first-order valence-corrected chi connectivity index (χ1v) is 6.39. The minimum Gasteiger partial charge on any atom is -0.384 e. The van der Waals surface area contributed by atoms with E-state index >= 15 is 0 Å². The lowest BCUT2D eigenvalue weighted by Crippen LogP contribution is -2.31. The quantitative estimate of drug-likeness (QED) is 0.946. The topological polar surface area (TPSA) is 59.2 Å². The van der Waals surface area contributed by atoms with Gasteiger partial charge in [-0.05, 0) is 37.3 Å². The SMILES string of the molecule is CCN(C(=O)c1cc(N)ncc1Cl)c1ccc(F)cc1. The van der Waals surface area contributed by atoms with Gasteiger partial charge in [-0.15, -0.1) is 0 Å². The van der Waals surface area contributed by atoms with Crippen molar-refractivity contribution in [1.82, 2.24) is 4.98 Å². The second-order valence-corrected chi connectivity index (χ2v) is 4.52.